The predicted octanol–water partition coefficient (Wildman–Crippen LogP) is 3.42. The number of hydrogen-bond donors (Lipinski definition) is 2. The Hall–Kier alpha value is -1.84. The number of rotatable bonds is 4. The van der Waals surface area contributed by atoms with Crippen molar-refractivity contribution in [1.82, 2.24) is 5.32 Å². The van der Waals surface area contributed by atoms with Crippen molar-refractivity contribution in [2.24, 2.45) is 17.3 Å². The molecule has 1 amide bonds. The molecule has 0 radical (unpaired) electrons. The molecule has 0 spiro atoms. The first kappa shape index (κ1) is 16.6. The molecule has 0 heterocycles. The summed E-state index contributed by atoms with van der Waals surface area (Å²) in [5.74, 6) is 0.182. The summed E-state index contributed by atoms with van der Waals surface area (Å²) >= 11 is 0. The van der Waals surface area contributed by atoms with E-state index in [4.69, 9.17) is 5.11 Å². The number of carboxylic acid groups (broad SMARTS) is 1. The molecule has 1 aromatic carbocycles. The largest absolute Gasteiger partial charge is 0.480 e. The van der Waals surface area contributed by atoms with Crippen LogP contribution < -0.4 is 5.32 Å². The Morgan fingerprint density at radius 1 is 1.12 bits per heavy atom. The van der Waals surface area contributed by atoms with Gasteiger partial charge in [-0.2, -0.15) is 0 Å². The average molecular weight is 341 g/mol. The van der Waals surface area contributed by atoms with Crippen LogP contribution in [-0.4, -0.2) is 23.0 Å². The van der Waals surface area contributed by atoms with E-state index in [0.717, 1.165) is 19.3 Å². The fourth-order valence-corrected chi connectivity index (χ4v) is 6.18. The molecule has 2 N–H and O–H groups in total. The van der Waals surface area contributed by atoms with Gasteiger partial charge in [-0.3, -0.25) is 9.59 Å². The van der Waals surface area contributed by atoms with Crippen LogP contribution in [0.4, 0.5) is 0 Å². The number of aliphatic carboxylic acids is 1. The fourth-order valence-electron chi connectivity index (χ4n) is 6.18. The van der Waals surface area contributed by atoms with Crippen LogP contribution in [-0.2, 0) is 15.0 Å². The minimum Gasteiger partial charge on any atom is -0.480 e. The van der Waals surface area contributed by atoms with Crippen LogP contribution in [0.5, 0.6) is 0 Å². The smallest absolute Gasteiger partial charge is 0.325 e. The molecule has 4 bridgehead atoms. The topological polar surface area (TPSA) is 66.4 Å². The quantitative estimate of drug-likeness (QED) is 0.882. The molecule has 4 aliphatic carbocycles. The van der Waals surface area contributed by atoms with E-state index >= 15 is 0 Å². The normalized spacial score (nSPS) is 36.9. The third-order valence-corrected chi connectivity index (χ3v) is 6.92. The molecule has 2 unspecified atom stereocenters. The molecule has 0 aromatic heterocycles. The standard InChI is InChI=1S/C21H27NO3/c1-13-3-5-17(6-4-13)20-8-15-7-16(9-20)11-21(10-15,12-20)19(25)22-14(2)18(23)24/h3-6,14-16H,7-12H2,1-2H3,(H,22,25)(H,23,24)/t14-,15-,16+,20?,21?/m0/s1. The van der Waals surface area contributed by atoms with E-state index in [1.54, 1.807) is 6.92 Å². The van der Waals surface area contributed by atoms with Crippen LogP contribution in [0.3, 0.4) is 0 Å². The van der Waals surface area contributed by atoms with E-state index in [1.807, 2.05) is 0 Å². The Labute approximate surface area is 149 Å². The van der Waals surface area contributed by atoms with Crippen LogP contribution in [0.2, 0.25) is 0 Å². The highest BCUT2D eigenvalue weighted by Crippen LogP contribution is 2.65. The zero-order chi connectivity index (χ0) is 17.8. The maximum absolute atomic E-state index is 13.1. The number of carboxylic acids is 1. The number of hydrogen-bond acceptors (Lipinski definition) is 2. The van der Waals surface area contributed by atoms with E-state index in [1.165, 1.54) is 30.4 Å². The zero-order valence-corrected chi connectivity index (χ0v) is 15.0. The van der Waals surface area contributed by atoms with Gasteiger partial charge in [0.25, 0.3) is 0 Å². The van der Waals surface area contributed by atoms with Crippen LogP contribution in [0, 0.1) is 24.2 Å². The molecule has 25 heavy (non-hydrogen) atoms. The number of carbonyl (C=O) groups is 2. The second-order valence-corrected chi connectivity index (χ2v) is 8.92. The summed E-state index contributed by atoms with van der Waals surface area (Å²) in [6.45, 7) is 3.65. The molecule has 134 valence electrons. The maximum Gasteiger partial charge on any atom is 0.325 e. The highest BCUT2D eigenvalue weighted by Gasteiger charge is 2.61. The van der Waals surface area contributed by atoms with Crippen LogP contribution >= 0.6 is 0 Å². The van der Waals surface area contributed by atoms with E-state index < -0.39 is 12.0 Å². The van der Waals surface area contributed by atoms with Crippen molar-refractivity contribution < 1.29 is 14.7 Å². The van der Waals surface area contributed by atoms with Crippen LogP contribution in [0.15, 0.2) is 24.3 Å². The van der Waals surface area contributed by atoms with Gasteiger partial charge >= 0.3 is 5.97 Å². The first-order chi connectivity index (χ1) is 11.8. The van der Waals surface area contributed by atoms with Gasteiger partial charge in [-0.05, 0) is 75.2 Å². The fraction of sp³-hybridized carbons (Fsp3) is 0.619. The summed E-state index contributed by atoms with van der Waals surface area (Å²) in [4.78, 5) is 24.2. The third kappa shape index (κ3) is 2.66. The van der Waals surface area contributed by atoms with Crippen molar-refractivity contribution in [2.45, 2.75) is 63.8 Å². The third-order valence-electron chi connectivity index (χ3n) is 6.92. The van der Waals surface area contributed by atoms with Crippen LogP contribution in [0.1, 0.15) is 56.6 Å². The maximum atomic E-state index is 13.1. The average Bonchev–Trinajstić information content (AvgIpc) is 2.53. The number of aryl methyl sites for hydroxylation is 1. The SMILES string of the molecule is Cc1ccc(C23C[C@@H]4C[C@@H](CC(C(=O)N[C@@H](C)C(=O)O)(C4)C2)C3)cc1. The van der Waals surface area contributed by atoms with Gasteiger partial charge in [-0.1, -0.05) is 29.8 Å². The Kier molecular flexibility index (Phi) is 3.71. The van der Waals surface area contributed by atoms with Gasteiger partial charge in [0.1, 0.15) is 6.04 Å². The summed E-state index contributed by atoms with van der Waals surface area (Å²) in [5.41, 5.74) is 2.35. The van der Waals surface area contributed by atoms with Crippen molar-refractivity contribution in [2.75, 3.05) is 0 Å². The molecule has 0 saturated heterocycles. The van der Waals surface area contributed by atoms with Crippen molar-refractivity contribution in [3.05, 3.63) is 35.4 Å². The summed E-state index contributed by atoms with van der Waals surface area (Å²) in [7, 11) is 0. The van der Waals surface area contributed by atoms with Gasteiger partial charge in [0.2, 0.25) is 5.91 Å². The van der Waals surface area contributed by atoms with E-state index in [0.29, 0.717) is 11.8 Å². The molecular formula is C21H27NO3. The molecule has 5 atom stereocenters. The summed E-state index contributed by atoms with van der Waals surface area (Å²) < 4.78 is 0. The van der Waals surface area contributed by atoms with Crippen molar-refractivity contribution in [3.8, 4) is 0 Å². The lowest BCUT2D eigenvalue weighted by Crippen LogP contribution is -2.60. The molecular weight excluding hydrogens is 314 g/mol. The van der Waals surface area contributed by atoms with Gasteiger partial charge < -0.3 is 10.4 Å². The number of benzene rings is 1. The predicted molar refractivity (Wildman–Crippen MR) is 95.2 cm³/mol. The van der Waals surface area contributed by atoms with Gasteiger partial charge in [0.05, 0.1) is 5.41 Å². The van der Waals surface area contributed by atoms with Crippen LogP contribution in [0.25, 0.3) is 0 Å². The molecule has 4 aliphatic rings. The number of amides is 1. The molecule has 0 aliphatic heterocycles. The lowest BCUT2D eigenvalue weighted by molar-refractivity contribution is -0.153. The van der Waals surface area contributed by atoms with Gasteiger partial charge in [0, 0.05) is 0 Å². The van der Waals surface area contributed by atoms with E-state index in [9.17, 15) is 9.59 Å². The van der Waals surface area contributed by atoms with Gasteiger partial charge in [0.15, 0.2) is 0 Å². The first-order valence-corrected chi connectivity index (χ1v) is 9.43. The Morgan fingerprint density at radius 2 is 1.72 bits per heavy atom. The Morgan fingerprint density at radius 3 is 2.28 bits per heavy atom. The highest BCUT2D eigenvalue weighted by molar-refractivity contribution is 5.87. The Balaban J connectivity index is 1.66. The van der Waals surface area contributed by atoms with Gasteiger partial charge in [-0.25, -0.2) is 0 Å². The summed E-state index contributed by atoms with van der Waals surface area (Å²) in [5, 5.41) is 11.9. The lowest BCUT2D eigenvalue weighted by Gasteiger charge is -2.61. The van der Waals surface area contributed by atoms with E-state index in [2.05, 4.69) is 36.5 Å². The minimum absolute atomic E-state index is 0.0343. The van der Waals surface area contributed by atoms with Crippen molar-refractivity contribution in [3.63, 3.8) is 0 Å². The molecule has 5 rings (SSSR count). The summed E-state index contributed by atoms with van der Waals surface area (Å²) in [6.07, 6.45) is 6.31. The summed E-state index contributed by atoms with van der Waals surface area (Å²) in [6, 6.07) is 8.01. The molecule has 4 fully saturated rings. The second-order valence-electron chi connectivity index (χ2n) is 8.92. The Bertz CT molecular complexity index is 694. The van der Waals surface area contributed by atoms with Gasteiger partial charge in [-0.15, -0.1) is 0 Å². The number of carbonyl (C=O) groups excluding carboxylic acids is 1. The number of nitrogens with one attached hydrogen (secondary N) is 1. The second kappa shape index (κ2) is 5.58. The molecule has 4 saturated carbocycles. The molecule has 4 nitrogen and oxygen atoms in total. The first-order valence-electron chi connectivity index (χ1n) is 9.43. The molecule has 1 aromatic rings. The minimum atomic E-state index is -0.966. The van der Waals surface area contributed by atoms with Crippen molar-refractivity contribution in [1.29, 1.82) is 0 Å². The lowest BCUT2D eigenvalue weighted by atomic mass is 9.42. The highest BCUT2D eigenvalue weighted by atomic mass is 16.4. The monoisotopic (exact) mass is 341 g/mol. The molecule has 4 heteroatoms. The van der Waals surface area contributed by atoms with E-state index in [-0.39, 0.29) is 16.7 Å². The van der Waals surface area contributed by atoms with Crippen molar-refractivity contribution >= 4 is 11.9 Å². The zero-order valence-electron chi connectivity index (χ0n) is 15.0.